The molecule has 0 spiro atoms. The summed E-state index contributed by atoms with van der Waals surface area (Å²) >= 11 is 0. The number of aromatic nitrogens is 1. The Balaban J connectivity index is 1.25. The standard InChI is InChI=1S/C20H29N3O4/c24-19(15-25-14-17-5-4-12-26-17)23-11-7-16(13-23)27-18-6-3-8-21-20(18)22-9-1-2-10-22/h3,6,8,16-17H,1-2,4-5,7,9-15H2/t16-,17-/m0/s1. The third-order valence-electron chi connectivity index (χ3n) is 5.50. The molecule has 1 aromatic rings. The van der Waals surface area contributed by atoms with Crippen LogP contribution in [0.1, 0.15) is 32.1 Å². The first-order chi connectivity index (χ1) is 13.3. The van der Waals surface area contributed by atoms with Gasteiger partial charge in [-0.05, 0) is 37.8 Å². The number of hydrogen-bond donors (Lipinski definition) is 0. The number of carbonyl (C=O) groups excluding carboxylic acids is 1. The Bertz CT molecular complexity index is 629. The number of amides is 1. The third-order valence-corrected chi connectivity index (χ3v) is 5.50. The Morgan fingerprint density at radius 1 is 1.22 bits per heavy atom. The van der Waals surface area contributed by atoms with Crippen molar-refractivity contribution < 1.29 is 19.0 Å². The van der Waals surface area contributed by atoms with E-state index in [9.17, 15) is 4.79 Å². The molecule has 27 heavy (non-hydrogen) atoms. The van der Waals surface area contributed by atoms with Crippen molar-refractivity contribution in [1.82, 2.24) is 9.88 Å². The van der Waals surface area contributed by atoms with E-state index in [2.05, 4.69) is 9.88 Å². The van der Waals surface area contributed by atoms with Gasteiger partial charge in [0.2, 0.25) is 5.91 Å². The maximum Gasteiger partial charge on any atom is 0.248 e. The summed E-state index contributed by atoms with van der Waals surface area (Å²) in [5.41, 5.74) is 0. The lowest BCUT2D eigenvalue weighted by Gasteiger charge is -2.22. The Kier molecular flexibility index (Phi) is 6.09. The molecule has 3 aliphatic heterocycles. The predicted octanol–water partition coefficient (Wildman–Crippen LogP) is 1.86. The van der Waals surface area contributed by atoms with Crippen LogP contribution < -0.4 is 9.64 Å². The molecule has 148 valence electrons. The fourth-order valence-electron chi connectivity index (χ4n) is 4.02. The summed E-state index contributed by atoms with van der Waals surface area (Å²) in [4.78, 5) is 21.0. The molecule has 7 heteroatoms. The van der Waals surface area contributed by atoms with Gasteiger partial charge in [-0.3, -0.25) is 4.79 Å². The SMILES string of the molecule is O=C(COC[C@@H]1CCCO1)N1CC[C@H](Oc2cccnc2N2CCCC2)C1. The predicted molar refractivity (Wildman–Crippen MR) is 101 cm³/mol. The van der Waals surface area contributed by atoms with E-state index < -0.39 is 0 Å². The lowest BCUT2D eigenvalue weighted by atomic mass is 10.2. The largest absolute Gasteiger partial charge is 0.485 e. The second-order valence-corrected chi connectivity index (χ2v) is 7.54. The first-order valence-electron chi connectivity index (χ1n) is 10.1. The van der Waals surface area contributed by atoms with Crippen LogP contribution in [0.4, 0.5) is 5.82 Å². The molecular weight excluding hydrogens is 346 g/mol. The number of nitrogens with zero attached hydrogens (tertiary/aromatic N) is 3. The number of carbonyl (C=O) groups is 1. The van der Waals surface area contributed by atoms with Gasteiger partial charge in [0.15, 0.2) is 11.6 Å². The Morgan fingerprint density at radius 3 is 2.93 bits per heavy atom. The molecule has 7 nitrogen and oxygen atoms in total. The maximum atomic E-state index is 12.4. The minimum atomic E-state index is 0.0117. The van der Waals surface area contributed by atoms with E-state index in [1.165, 1.54) is 12.8 Å². The lowest BCUT2D eigenvalue weighted by molar-refractivity contribution is -0.136. The summed E-state index contributed by atoms with van der Waals surface area (Å²) in [6, 6.07) is 3.89. The number of ether oxygens (including phenoxy) is 3. The fraction of sp³-hybridized carbons (Fsp3) is 0.700. The van der Waals surface area contributed by atoms with Gasteiger partial charge in [-0.2, -0.15) is 0 Å². The average Bonchev–Trinajstić information content (AvgIpc) is 3.45. The molecule has 3 fully saturated rings. The second kappa shape index (κ2) is 8.89. The molecule has 4 rings (SSSR count). The van der Waals surface area contributed by atoms with Crippen LogP contribution in [0.15, 0.2) is 18.3 Å². The molecule has 3 aliphatic rings. The van der Waals surface area contributed by atoms with Gasteiger partial charge < -0.3 is 24.0 Å². The summed E-state index contributed by atoms with van der Waals surface area (Å²) in [5.74, 6) is 1.79. The molecule has 0 bridgehead atoms. The first kappa shape index (κ1) is 18.5. The Labute approximate surface area is 160 Å². The van der Waals surface area contributed by atoms with E-state index in [-0.39, 0.29) is 24.7 Å². The van der Waals surface area contributed by atoms with Gasteiger partial charge in [-0.1, -0.05) is 0 Å². The smallest absolute Gasteiger partial charge is 0.248 e. The zero-order valence-electron chi connectivity index (χ0n) is 15.8. The highest BCUT2D eigenvalue weighted by atomic mass is 16.5. The van der Waals surface area contributed by atoms with E-state index in [0.717, 1.165) is 50.5 Å². The molecule has 4 heterocycles. The van der Waals surface area contributed by atoms with Gasteiger partial charge >= 0.3 is 0 Å². The van der Waals surface area contributed by atoms with Gasteiger partial charge in [-0.15, -0.1) is 0 Å². The molecule has 0 radical (unpaired) electrons. The van der Waals surface area contributed by atoms with Crippen LogP contribution in [0.2, 0.25) is 0 Å². The number of anilines is 1. The zero-order valence-corrected chi connectivity index (χ0v) is 15.8. The Morgan fingerprint density at radius 2 is 2.11 bits per heavy atom. The third kappa shape index (κ3) is 4.71. The summed E-state index contributed by atoms with van der Waals surface area (Å²) < 4.78 is 17.3. The fourth-order valence-corrected chi connectivity index (χ4v) is 4.02. The van der Waals surface area contributed by atoms with E-state index in [4.69, 9.17) is 14.2 Å². The van der Waals surface area contributed by atoms with Crippen LogP contribution in [0.3, 0.4) is 0 Å². The summed E-state index contributed by atoms with van der Waals surface area (Å²) in [5, 5.41) is 0. The topological polar surface area (TPSA) is 64.1 Å². The zero-order chi connectivity index (χ0) is 18.5. The molecule has 0 unspecified atom stereocenters. The molecule has 0 aromatic carbocycles. The van der Waals surface area contributed by atoms with Crippen LogP contribution in [-0.4, -0.2) is 74.0 Å². The maximum absolute atomic E-state index is 12.4. The highest BCUT2D eigenvalue weighted by Crippen LogP contribution is 2.30. The van der Waals surface area contributed by atoms with Crippen molar-refractivity contribution in [2.75, 3.05) is 50.9 Å². The summed E-state index contributed by atoms with van der Waals surface area (Å²) in [7, 11) is 0. The van der Waals surface area contributed by atoms with Crippen LogP contribution in [0.5, 0.6) is 5.75 Å². The number of rotatable bonds is 7. The van der Waals surface area contributed by atoms with E-state index >= 15 is 0 Å². The van der Waals surface area contributed by atoms with Gasteiger partial charge in [-0.25, -0.2) is 4.98 Å². The average molecular weight is 375 g/mol. The molecule has 2 atom stereocenters. The van der Waals surface area contributed by atoms with Crippen LogP contribution in [0.25, 0.3) is 0 Å². The van der Waals surface area contributed by atoms with Crippen molar-refractivity contribution in [1.29, 1.82) is 0 Å². The molecule has 0 saturated carbocycles. The van der Waals surface area contributed by atoms with Crippen LogP contribution in [0, 0.1) is 0 Å². The van der Waals surface area contributed by atoms with Crippen molar-refractivity contribution in [2.45, 2.75) is 44.3 Å². The molecule has 1 aromatic heterocycles. The van der Waals surface area contributed by atoms with Crippen molar-refractivity contribution in [3.8, 4) is 5.75 Å². The van der Waals surface area contributed by atoms with Crippen molar-refractivity contribution >= 4 is 11.7 Å². The summed E-state index contributed by atoms with van der Waals surface area (Å²) in [6.45, 7) is 4.83. The number of pyridine rings is 1. The van der Waals surface area contributed by atoms with Gasteiger partial charge in [0, 0.05) is 38.9 Å². The highest BCUT2D eigenvalue weighted by Gasteiger charge is 2.29. The number of hydrogen-bond acceptors (Lipinski definition) is 6. The van der Waals surface area contributed by atoms with Gasteiger partial charge in [0.1, 0.15) is 12.7 Å². The quantitative estimate of drug-likeness (QED) is 0.725. The van der Waals surface area contributed by atoms with E-state index in [1.807, 2.05) is 23.2 Å². The second-order valence-electron chi connectivity index (χ2n) is 7.54. The summed E-state index contributed by atoms with van der Waals surface area (Å²) in [6.07, 6.45) is 7.34. The van der Waals surface area contributed by atoms with Crippen molar-refractivity contribution in [2.24, 2.45) is 0 Å². The molecule has 0 aliphatic carbocycles. The minimum absolute atomic E-state index is 0.0117. The molecular formula is C20H29N3O4. The van der Waals surface area contributed by atoms with Crippen LogP contribution >= 0.6 is 0 Å². The van der Waals surface area contributed by atoms with E-state index in [1.54, 1.807) is 0 Å². The molecule has 1 amide bonds. The van der Waals surface area contributed by atoms with Gasteiger partial charge in [0.25, 0.3) is 0 Å². The minimum Gasteiger partial charge on any atom is -0.485 e. The van der Waals surface area contributed by atoms with E-state index in [0.29, 0.717) is 19.7 Å². The van der Waals surface area contributed by atoms with Crippen molar-refractivity contribution in [3.63, 3.8) is 0 Å². The normalized spacial score (nSPS) is 25.3. The molecule has 3 saturated heterocycles. The Hall–Kier alpha value is -1.86. The number of likely N-dealkylation sites (tertiary alicyclic amines) is 1. The highest BCUT2D eigenvalue weighted by molar-refractivity contribution is 5.77. The van der Waals surface area contributed by atoms with Crippen LogP contribution in [-0.2, 0) is 14.3 Å². The molecule has 0 N–H and O–H groups in total. The first-order valence-corrected chi connectivity index (χ1v) is 10.1. The lowest BCUT2D eigenvalue weighted by Crippen LogP contribution is -2.34. The van der Waals surface area contributed by atoms with Crippen molar-refractivity contribution in [3.05, 3.63) is 18.3 Å². The van der Waals surface area contributed by atoms with Gasteiger partial charge in [0.05, 0.1) is 19.3 Å². The monoisotopic (exact) mass is 375 g/mol.